The molecular formula is C8H13N4O5+. The molecule has 9 heteroatoms. The van der Waals surface area contributed by atoms with Gasteiger partial charge in [-0.3, -0.25) is 0 Å². The second-order valence-electron chi connectivity index (χ2n) is 3.63. The molecule has 2 heterocycles. The van der Waals surface area contributed by atoms with E-state index in [-0.39, 0.29) is 10.5 Å². The lowest BCUT2D eigenvalue weighted by molar-refractivity contribution is -0.627. The first kappa shape index (κ1) is 11.9. The van der Waals surface area contributed by atoms with Crippen molar-refractivity contribution in [3.8, 4) is 0 Å². The molecule has 0 aliphatic carbocycles. The van der Waals surface area contributed by atoms with Crippen LogP contribution < -0.4 is 9.97 Å². The van der Waals surface area contributed by atoms with Crippen LogP contribution in [0.15, 0.2) is 12.3 Å². The SMILES string of the molecule is O=[n+]1nccc(N[C@H]2O[C@H](CO)[C@@H](O)[C@@H]2O)[nH]1. The monoisotopic (exact) mass is 245 g/mol. The second kappa shape index (κ2) is 4.75. The number of aliphatic hydroxyl groups excluding tert-OH is 3. The quantitative estimate of drug-likeness (QED) is 0.362. The number of ether oxygens (including phenoxy) is 1. The summed E-state index contributed by atoms with van der Waals surface area (Å²) in [5.41, 5.74) is 0. The van der Waals surface area contributed by atoms with Gasteiger partial charge in [-0.05, 0) is 0 Å². The van der Waals surface area contributed by atoms with Crippen molar-refractivity contribution in [2.75, 3.05) is 11.9 Å². The Kier molecular flexibility index (Phi) is 3.33. The normalized spacial score (nSPS) is 32.6. The van der Waals surface area contributed by atoms with Crippen LogP contribution in [0.4, 0.5) is 5.82 Å². The van der Waals surface area contributed by atoms with E-state index < -0.39 is 31.1 Å². The molecule has 1 saturated heterocycles. The van der Waals surface area contributed by atoms with Gasteiger partial charge in [-0.15, -0.1) is 0 Å². The van der Waals surface area contributed by atoms with Crippen LogP contribution in [-0.4, -0.2) is 56.7 Å². The van der Waals surface area contributed by atoms with Crippen molar-refractivity contribution in [2.45, 2.75) is 24.5 Å². The van der Waals surface area contributed by atoms with Crippen molar-refractivity contribution in [1.82, 2.24) is 10.2 Å². The number of aliphatic hydroxyl groups is 3. The summed E-state index contributed by atoms with van der Waals surface area (Å²) >= 11 is 0. The molecule has 4 atom stereocenters. The number of hydrogen-bond donors (Lipinski definition) is 5. The van der Waals surface area contributed by atoms with Crippen LogP contribution in [0.1, 0.15) is 0 Å². The fourth-order valence-electron chi connectivity index (χ4n) is 1.59. The first-order valence-corrected chi connectivity index (χ1v) is 4.99. The maximum Gasteiger partial charge on any atom is 0.284 e. The summed E-state index contributed by atoms with van der Waals surface area (Å²) in [6.45, 7) is -0.405. The van der Waals surface area contributed by atoms with E-state index in [1.54, 1.807) is 0 Å². The number of nitrogens with zero attached hydrogens (tertiary/aromatic N) is 2. The van der Waals surface area contributed by atoms with Gasteiger partial charge in [-0.1, -0.05) is 5.10 Å². The Morgan fingerprint density at radius 1 is 1.53 bits per heavy atom. The predicted octanol–water partition coefficient (Wildman–Crippen LogP) is -2.82. The van der Waals surface area contributed by atoms with Crippen molar-refractivity contribution in [3.05, 3.63) is 17.2 Å². The molecule has 1 aliphatic heterocycles. The van der Waals surface area contributed by atoms with E-state index in [0.29, 0.717) is 0 Å². The summed E-state index contributed by atoms with van der Waals surface area (Å²) in [6.07, 6.45) is -2.90. The highest BCUT2D eigenvalue weighted by molar-refractivity contribution is 5.31. The molecule has 0 spiro atoms. The predicted molar refractivity (Wildman–Crippen MR) is 53.3 cm³/mol. The molecule has 1 aliphatic rings. The van der Waals surface area contributed by atoms with E-state index in [0.717, 1.165) is 0 Å². The zero-order valence-electron chi connectivity index (χ0n) is 8.72. The molecule has 0 radical (unpaired) electrons. The third-order valence-corrected chi connectivity index (χ3v) is 2.47. The van der Waals surface area contributed by atoms with Crippen molar-refractivity contribution in [1.29, 1.82) is 0 Å². The second-order valence-corrected chi connectivity index (χ2v) is 3.63. The van der Waals surface area contributed by atoms with Gasteiger partial charge in [0.25, 0.3) is 4.66 Å². The van der Waals surface area contributed by atoms with E-state index in [1.165, 1.54) is 12.3 Å². The Morgan fingerprint density at radius 3 is 2.88 bits per heavy atom. The highest BCUT2D eigenvalue weighted by Gasteiger charge is 2.42. The highest BCUT2D eigenvalue weighted by Crippen LogP contribution is 2.21. The standard InChI is InChI=1S/C8H13N4O5/c13-3-4-6(14)7(15)8(17-4)10-5-1-2-9-12(16)11-5/h1-2,4,6-8,13-15H,3H2,(H2,9,10,11,16)/q+1/t4-,6-,7+,8+/m1/s1. The summed E-state index contributed by atoms with van der Waals surface area (Å²) in [4.78, 5) is 10.8. The average Bonchev–Trinajstić information content (AvgIpc) is 2.57. The van der Waals surface area contributed by atoms with Crippen molar-refractivity contribution < 1.29 is 24.7 Å². The van der Waals surface area contributed by atoms with Gasteiger partial charge in [0.2, 0.25) is 0 Å². The summed E-state index contributed by atoms with van der Waals surface area (Å²) in [6, 6.07) is 1.46. The summed E-state index contributed by atoms with van der Waals surface area (Å²) in [5.74, 6) is 0.268. The van der Waals surface area contributed by atoms with Gasteiger partial charge in [-0.2, -0.15) is 0 Å². The van der Waals surface area contributed by atoms with Crippen LogP contribution in [-0.2, 0) is 4.74 Å². The molecule has 5 N–H and O–H groups in total. The molecule has 94 valence electrons. The van der Waals surface area contributed by atoms with Gasteiger partial charge in [0.05, 0.1) is 16.6 Å². The van der Waals surface area contributed by atoms with Gasteiger partial charge in [0, 0.05) is 6.07 Å². The van der Waals surface area contributed by atoms with Crippen molar-refractivity contribution >= 4 is 5.82 Å². The van der Waals surface area contributed by atoms with E-state index in [4.69, 9.17) is 9.84 Å². The summed E-state index contributed by atoms with van der Waals surface area (Å²) in [5, 5.41) is 36.3. The Balaban J connectivity index is 2.07. The maximum atomic E-state index is 10.8. The third-order valence-electron chi connectivity index (χ3n) is 2.47. The molecule has 1 fully saturated rings. The third kappa shape index (κ3) is 2.42. The smallest absolute Gasteiger partial charge is 0.284 e. The number of anilines is 1. The van der Waals surface area contributed by atoms with Crippen molar-refractivity contribution in [2.24, 2.45) is 0 Å². The molecule has 0 amide bonds. The molecular weight excluding hydrogens is 232 g/mol. The lowest BCUT2D eigenvalue weighted by Crippen LogP contribution is -2.37. The first-order chi connectivity index (χ1) is 8.11. The van der Waals surface area contributed by atoms with Gasteiger partial charge < -0.3 is 25.4 Å². The minimum absolute atomic E-state index is 0.226. The highest BCUT2D eigenvalue weighted by atomic mass is 16.6. The fraction of sp³-hybridized carbons (Fsp3) is 0.625. The Morgan fingerprint density at radius 2 is 2.29 bits per heavy atom. The average molecular weight is 245 g/mol. The fourth-order valence-corrected chi connectivity index (χ4v) is 1.59. The molecule has 2 rings (SSSR count). The van der Waals surface area contributed by atoms with Crippen LogP contribution >= 0.6 is 0 Å². The van der Waals surface area contributed by atoms with Gasteiger partial charge in [-0.25, -0.2) is 0 Å². The summed E-state index contributed by atoms with van der Waals surface area (Å²) in [7, 11) is 0. The Hall–Kier alpha value is -1.55. The first-order valence-electron chi connectivity index (χ1n) is 4.99. The van der Waals surface area contributed by atoms with Gasteiger partial charge in [0.15, 0.2) is 12.0 Å². The van der Waals surface area contributed by atoms with E-state index in [1.807, 2.05) is 0 Å². The summed E-state index contributed by atoms with van der Waals surface area (Å²) < 4.78 is 5.39. The lowest BCUT2D eigenvalue weighted by Gasteiger charge is -2.15. The van der Waals surface area contributed by atoms with Crippen LogP contribution in [0, 0.1) is 4.91 Å². The Bertz CT molecular complexity index is 438. The van der Waals surface area contributed by atoms with Crippen molar-refractivity contribution in [3.63, 3.8) is 0 Å². The molecule has 0 unspecified atom stereocenters. The molecule has 0 aromatic carbocycles. The van der Waals surface area contributed by atoms with Gasteiger partial charge >= 0.3 is 0 Å². The minimum Gasteiger partial charge on any atom is -0.394 e. The van der Waals surface area contributed by atoms with Crippen LogP contribution in [0.5, 0.6) is 0 Å². The molecule has 1 aromatic rings. The number of aromatic nitrogens is 3. The van der Waals surface area contributed by atoms with E-state index in [9.17, 15) is 15.1 Å². The number of H-pyrrole nitrogens is 1. The number of nitrogens with one attached hydrogen (secondary N) is 2. The number of aromatic amines is 1. The molecule has 17 heavy (non-hydrogen) atoms. The molecule has 1 aromatic heterocycles. The Labute approximate surface area is 95.2 Å². The largest absolute Gasteiger partial charge is 0.394 e. The molecule has 9 nitrogen and oxygen atoms in total. The van der Waals surface area contributed by atoms with E-state index in [2.05, 4.69) is 15.5 Å². The number of hydrogen-bond acceptors (Lipinski definition) is 7. The zero-order valence-corrected chi connectivity index (χ0v) is 8.72. The van der Waals surface area contributed by atoms with Crippen LogP contribution in [0.3, 0.4) is 0 Å². The zero-order chi connectivity index (χ0) is 12.4. The molecule has 0 saturated carbocycles. The lowest BCUT2D eigenvalue weighted by atomic mass is 10.1. The maximum absolute atomic E-state index is 10.8. The number of rotatable bonds is 3. The van der Waals surface area contributed by atoms with Gasteiger partial charge in [0.1, 0.15) is 24.5 Å². The van der Waals surface area contributed by atoms with E-state index >= 15 is 0 Å². The van der Waals surface area contributed by atoms with Crippen LogP contribution in [0.25, 0.3) is 0 Å². The van der Waals surface area contributed by atoms with Crippen LogP contribution in [0.2, 0.25) is 0 Å². The topological polar surface area (TPSA) is 134 Å². The minimum atomic E-state index is -1.20. The molecule has 0 bridgehead atoms.